The molecule has 1 amide bonds. The maximum absolute atomic E-state index is 12.7. The molecule has 4 rings (SSSR count). The van der Waals surface area contributed by atoms with Crippen LogP contribution < -0.4 is 0 Å². The van der Waals surface area contributed by atoms with Crippen LogP contribution >= 0.6 is 0 Å². The molecule has 9 heteroatoms. The number of nitrogens with zero attached hydrogens (tertiary/aromatic N) is 2. The van der Waals surface area contributed by atoms with Crippen LogP contribution in [0.5, 0.6) is 0 Å². The molecular weight excluding hydrogens is 548 g/mol. The van der Waals surface area contributed by atoms with Gasteiger partial charge in [-0.25, -0.2) is 4.79 Å². The Morgan fingerprint density at radius 3 is 1.53 bits per heavy atom. The quantitative estimate of drug-likeness (QED) is 0.377. The largest absolute Gasteiger partial charge is 0.444 e. The van der Waals surface area contributed by atoms with E-state index in [1.165, 1.54) is 27.1 Å². The Balaban J connectivity index is 1.36. The van der Waals surface area contributed by atoms with Crippen LogP contribution in [0.2, 0.25) is 0 Å². The fraction of sp³-hybridized carbons (Fsp3) is 0.559. The van der Waals surface area contributed by atoms with Gasteiger partial charge in [0.05, 0.1) is 66.1 Å². The van der Waals surface area contributed by atoms with Gasteiger partial charge in [-0.15, -0.1) is 0 Å². The molecule has 1 saturated heterocycles. The summed E-state index contributed by atoms with van der Waals surface area (Å²) in [5.41, 5.74) is 0.749. The van der Waals surface area contributed by atoms with Crippen LogP contribution in [0.4, 0.5) is 4.79 Å². The first-order valence-corrected chi connectivity index (χ1v) is 15.4. The molecule has 0 N–H and O–H groups in total. The summed E-state index contributed by atoms with van der Waals surface area (Å²) < 4.78 is 34.6. The Morgan fingerprint density at radius 1 is 0.651 bits per heavy atom. The highest BCUT2D eigenvalue weighted by molar-refractivity contribution is 6.02. The summed E-state index contributed by atoms with van der Waals surface area (Å²) in [4.78, 5) is 16.7. The van der Waals surface area contributed by atoms with Crippen molar-refractivity contribution < 1.29 is 33.2 Å². The van der Waals surface area contributed by atoms with Crippen molar-refractivity contribution in [2.75, 3.05) is 92.2 Å². The highest BCUT2D eigenvalue weighted by Crippen LogP contribution is 2.29. The summed E-state index contributed by atoms with van der Waals surface area (Å²) in [5.74, 6) is 0. The van der Waals surface area contributed by atoms with Gasteiger partial charge in [0.15, 0.2) is 0 Å². The molecule has 0 spiro atoms. The first-order chi connectivity index (χ1) is 20.9. The molecule has 1 heterocycles. The maximum Gasteiger partial charge on any atom is 0.410 e. The summed E-state index contributed by atoms with van der Waals surface area (Å²) >= 11 is 0. The summed E-state index contributed by atoms with van der Waals surface area (Å²) in [5, 5.41) is 5.04. The standard InChI is InChI=1S/C34H48N2O7/c1-34(2,3)43-33(37)36-14-18-40-21-20-38-16-12-35(13-17-39-22-24-42-25-23-41-19-15-36)27-32-30-10-6-4-8-28(30)26-29-9-5-7-11-31(29)32/h4-11,26H,12-25,27H2,1-3H3. The molecular formula is C34H48N2O7. The highest BCUT2D eigenvalue weighted by atomic mass is 16.6. The average Bonchev–Trinajstić information content (AvgIpc) is 2.98. The van der Waals surface area contributed by atoms with Crippen molar-refractivity contribution in [2.24, 2.45) is 0 Å². The van der Waals surface area contributed by atoms with Gasteiger partial charge in [0.1, 0.15) is 5.60 Å². The van der Waals surface area contributed by atoms with Gasteiger partial charge >= 0.3 is 6.09 Å². The van der Waals surface area contributed by atoms with E-state index in [2.05, 4.69) is 59.5 Å². The van der Waals surface area contributed by atoms with Crippen LogP contribution in [0.15, 0.2) is 54.6 Å². The van der Waals surface area contributed by atoms with Gasteiger partial charge in [-0.3, -0.25) is 4.90 Å². The van der Waals surface area contributed by atoms with E-state index in [0.29, 0.717) is 79.2 Å². The van der Waals surface area contributed by atoms with Crippen molar-refractivity contribution in [1.29, 1.82) is 0 Å². The van der Waals surface area contributed by atoms with E-state index in [-0.39, 0.29) is 6.09 Å². The Bertz CT molecular complexity index is 1210. The molecule has 1 aliphatic heterocycles. The van der Waals surface area contributed by atoms with Crippen molar-refractivity contribution in [3.63, 3.8) is 0 Å². The predicted octanol–water partition coefficient (Wildman–Crippen LogP) is 5.13. The van der Waals surface area contributed by atoms with Gasteiger partial charge in [0.2, 0.25) is 0 Å². The zero-order valence-corrected chi connectivity index (χ0v) is 26.1. The van der Waals surface area contributed by atoms with Crippen molar-refractivity contribution in [1.82, 2.24) is 9.80 Å². The molecule has 0 aromatic heterocycles. The normalized spacial score (nSPS) is 18.7. The second kappa shape index (κ2) is 17.5. The van der Waals surface area contributed by atoms with E-state index in [9.17, 15) is 4.79 Å². The number of hydrogen-bond donors (Lipinski definition) is 0. The van der Waals surface area contributed by atoms with Crippen molar-refractivity contribution >= 4 is 27.6 Å². The lowest BCUT2D eigenvalue weighted by molar-refractivity contribution is -0.00445. The van der Waals surface area contributed by atoms with Crippen molar-refractivity contribution in [3.05, 3.63) is 60.2 Å². The number of amides is 1. The first-order valence-electron chi connectivity index (χ1n) is 15.4. The van der Waals surface area contributed by atoms with E-state index < -0.39 is 5.60 Å². The zero-order valence-electron chi connectivity index (χ0n) is 26.1. The summed E-state index contributed by atoms with van der Waals surface area (Å²) in [6, 6.07) is 19.5. The third kappa shape index (κ3) is 11.3. The Kier molecular flexibility index (Phi) is 13.5. The lowest BCUT2D eigenvalue weighted by Crippen LogP contribution is -2.40. The van der Waals surface area contributed by atoms with E-state index in [1.54, 1.807) is 4.90 Å². The highest BCUT2D eigenvalue weighted by Gasteiger charge is 2.22. The van der Waals surface area contributed by atoms with Crippen LogP contribution in [0.25, 0.3) is 21.5 Å². The van der Waals surface area contributed by atoms with Gasteiger partial charge in [-0.2, -0.15) is 0 Å². The minimum absolute atomic E-state index is 0.373. The molecule has 0 aliphatic carbocycles. The fourth-order valence-corrected chi connectivity index (χ4v) is 4.99. The number of ether oxygens (including phenoxy) is 6. The molecule has 3 aromatic carbocycles. The van der Waals surface area contributed by atoms with Gasteiger partial charge in [-0.05, 0) is 53.9 Å². The molecule has 9 nitrogen and oxygen atoms in total. The monoisotopic (exact) mass is 596 g/mol. The molecule has 0 atom stereocenters. The molecule has 0 unspecified atom stereocenters. The van der Waals surface area contributed by atoms with Crippen LogP contribution in [0.3, 0.4) is 0 Å². The topological polar surface area (TPSA) is 78.9 Å². The summed E-state index contributed by atoms with van der Waals surface area (Å²) in [6.07, 6.45) is -0.373. The molecule has 3 aromatic rings. The molecule has 0 radical (unpaired) electrons. The van der Waals surface area contributed by atoms with E-state index in [4.69, 9.17) is 28.4 Å². The number of fused-ring (bicyclic) bond motifs is 2. The Labute approximate surface area is 255 Å². The van der Waals surface area contributed by atoms with E-state index >= 15 is 0 Å². The number of rotatable bonds is 2. The summed E-state index contributed by atoms with van der Waals surface area (Å²) in [6.45, 7) is 13.6. The van der Waals surface area contributed by atoms with Crippen molar-refractivity contribution in [3.8, 4) is 0 Å². The van der Waals surface area contributed by atoms with Crippen LogP contribution in [-0.4, -0.2) is 114 Å². The lowest BCUT2D eigenvalue weighted by Gasteiger charge is -2.27. The fourth-order valence-electron chi connectivity index (χ4n) is 4.99. The second-order valence-electron chi connectivity index (χ2n) is 11.6. The summed E-state index contributed by atoms with van der Waals surface area (Å²) in [7, 11) is 0. The third-order valence-electron chi connectivity index (χ3n) is 7.15. The third-order valence-corrected chi connectivity index (χ3v) is 7.15. The number of carbonyl (C=O) groups is 1. The molecule has 236 valence electrons. The minimum atomic E-state index is -0.570. The van der Waals surface area contributed by atoms with Crippen molar-refractivity contribution in [2.45, 2.75) is 32.9 Å². The smallest absolute Gasteiger partial charge is 0.410 e. The van der Waals surface area contributed by atoms with Crippen LogP contribution in [0.1, 0.15) is 26.3 Å². The molecule has 1 fully saturated rings. The minimum Gasteiger partial charge on any atom is -0.444 e. The predicted molar refractivity (Wildman–Crippen MR) is 169 cm³/mol. The number of carbonyl (C=O) groups excluding carboxylic acids is 1. The lowest BCUT2D eigenvalue weighted by atomic mass is 9.96. The zero-order chi connectivity index (χ0) is 30.3. The van der Waals surface area contributed by atoms with E-state index in [1.807, 2.05) is 20.8 Å². The van der Waals surface area contributed by atoms with Gasteiger partial charge in [-0.1, -0.05) is 48.5 Å². The second-order valence-corrected chi connectivity index (χ2v) is 11.6. The average molecular weight is 597 g/mol. The van der Waals surface area contributed by atoms with Gasteiger partial charge < -0.3 is 33.3 Å². The van der Waals surface area contributed by atoms with E-state index in [0.717, 1.165) is 19.6 Å². The number of benzene rings is 3. The van der Waals surface area contributed by atoms with Gasteiger partial charge in [0.25, 0.3) is 0 Å². The SMILES string of the molecule is CC(C)(C)OC(=O)N1CCOCCOCCOCCN(Cc2c3ccccc3cc3ccccc23)CCOCCOCC1. The molecule has 0 bridgehead atoms. The number of hydrogen-bond acceptors (Lipinski definition) is 8. The maximum atomic E-state index is 12.7. The molecule has 1 aliphatic rings. The Morgan fingerprint density at radius 2 is 1.07 bits per heavy atom. The van der Waals surface area contributed by atoms with Crippen LogP contribution in [-0.2, 0) is 35.0 Å². The molecule has 0 saturated carbocycles. The Hall–Kier alpha value is -2.79. The molecule has 43 heavy (non-hydrogen) atoms. The van der Waals surface area contributed by atoms with Gasteiger partial charge in [0, 0.05) is 32.7 Å². The van der Waals surface area contributed by atoms with Crippen LogP contribution in [0, 0.1) is 0 Å². The first kappa shape index (κ1) is 33.1.